The highest BCUT2D eigenvalue weighted by Crippen LogP contribution is 2.13. The first kappa shape index (κ1) is 10.3. The highest BCUT2D eigenvalue weighted by molar-refractivity contribution is 5.81. The number of nitrogens with one attached hydrogen (secondary N) is 3. The zero-order chi connectivity index (χ0) is 11.5. The van der Waals surface area contributed by atoms with Gasteiger partial charge in [0, 0.05) is 18.7 Å². The summed E-state index contributed by atoms with van der Waals surface area (Å²) in [6, 6.07) is 5.30. The average molecular weight is 220 g/mol. The van der Waals surface area contributed by atoms with E-state index in [0.29, 0.717) is 11.9 Å². The van der Waals surface area contributed by atoms with Crippen molar-refractivity contribution >= 4 is 22.5 Å². The van der Waals surface area contributed by atoms with Gasteiger partial charge < -0.3 is 11.1 Å². The van der Waals surface area contributed by atoms with Crippen molar-refractivity contribution in [2.24, 2.45) is 5.73 Å². The van der Waals surface area contributed by atoms with Gasteiger partial charge in [-0.2, -0.15) is 0 Å². The number of primary amides is 1. The molecule has 0 radical (unpaired) electrons. The summed E-state index contributed by atoms with van der Waals surface area (Å²) in [5.74, 6) is -0.344. The molecule has 1 amide bonds. The first-order valence-corrected chi connectivity index (χ1v) is 4.89. The lowest BCUT2D eigenvalue weighted by atomic mass is 10.2. The molecule has 0 unspecified atom stereocenters. The topological polar surface area (TPSA) is 104 Å². The quantitative estimate of drug-likeness (QED) is 0.589. The van der Waals surface area contributed by atoms with Crippen molar-refractivity contribution in [3.8, 4) is 0 Å². The van der Waals surface area contributed by atoms with Gasteiger partial charge in [-0.1, -0.05) is 0 Å². The van der Waals surface area contributed by atoms with Crippen LogP contribution in [-0.2, 0) is 4.79 Å². The number of anilines is 1. The monoisotopic (exact) mass is 220 g/mol. The number of amides is 1. The van der Waals surface area contributed by atoms with Crippen molar-refractivity contribution < 1.29 is 4.79 Å². The van der Waals surface area contributed by atoms with E-state index in [-0.39, 0.29) is 17.9 Å². The Morgan fingerprint density at radius 3 is 2.94 bits per heavy atom. The van der Waals surface area contributed by atoms with E-state index < -0.39 is 0 Å². The lowest BCUT2D eigenvalue weighted by molar-refractivity contribution is -0.117. The molecule has 0 saturated carbocycles. The van der Waals surface area contributed by atoms with Gasteiger partial charge in [0.1, 0.15) is 0 Å². The van der Waals surface area contributed by atoms with Crippen molar-refractivity contribution in [1.82, 2.24) is 10.2 Å². The smallest absolute Gasteiger partial charge is 0.271 e. The molecule has 0 aliphatic heterocycles. The van der Waals surface area contributed by atoms with E-state index in [9.17, 15) is 9.59 Å². The average Bonchev–Trinajstić information content (AvgIpc) is 2.60. The van der Waals surface area contributed by atoms with E-state index in [1.165, 1.54) is 0 Å². The van der Waals surface area contributed by atoms with Gasteiger partial charge in [-0.25, -0.2) is 0 Å². The maximum atomic E-state index is 11.2. The summed E-state index contributed by atoms with van der Waals surface area (Å²) in [5, 5.41) is 8.91. The molecular weight excluding hydrogens is 208 g/mol. The summed E-state index contributed by atoms with van der Waals surface area (Å²) in [6.07, 6.45) is 0.279. The van der Waals surface area contributed by atoms with Crippen molar-refractivity contribution in [3.63, 3.8) is 0 Å². The SMILES string of the molecule is NC(=O)CCNc1ccc2c(=O)[nH][nH]c2c1. The van der Waals surface area contributed by atoms with E-state index >= 15 is 0 Å². The summed E-state index contributed by atoms with van der Waals surface area (Å²) in [5.41, 5.74) is 6.45. The van der Waals surface area contributed by atoms with Crippen LogP contribution in [-0.4, -0.2) is 22.6 Å². The molecule has 0 bridgehead atoms. The van der Waals surface area contributed by atoms with Gasteiger partial charge in [-0.05, 0) is 18.2 Å². The van der Waals surface area contributed by atoms with Gasteiger partial charge in [0.05, 0.1) is 10.9 Å². The Bertz CT molecular complexity index is 569. The van der Waals surface area contributed by atoms with Gasteiger partial charge in [0.2, 0.25) is 5.91 Å². The fourth-order valence-corrected chi connectivity index (χ4v) is 1.48. The molecule has 2 aromatic rings. The second kappa shape index (κ2) is 4.09. The molecule has 0 aliphatic carbocycles. The van der Waals surface area contributed by atoms with Crippen LogP contribution in [0.15, 0.2) is 23.0 Å². The Morgan fingerprint density at radius 2 is 2.19 bits per heavy atom. The molecule has 1 aromatic heterocycles. The summed E-state index contributed by atoms with van der Waals surface area (Å²) in [6.45, 7) is 0.482. The highest BCUT2D eigenvalue weighted by atomic mass is 16.1. The number of aromatic amines is 2. The number of hydrogen-bond acceptors (Lipinski definition) is 3. The molecular formula is C10H12N4O2. The zero-order valence-electron chi connectivity index (χ0n) is 8.54. The van der Waals surface area contributed by atoms with Gasteiger partial charge in [-0.15, -0.1) is 0 Å². The number of carbonyl (C=O) groups is 1. The zero-order valence-corrected chi connectivity index (χ0v) is 8.54. The number of aromatic nitrogens is 2. The van der Waals surface area contributed by atoms with Crippen molar-refractivity contribution in [3.05, 3.63) is 28.6 Å². The van der Waals surface area contributed by atoms with E-state index in [1.807, 2.05) is 0 Å². The Hall–Kier alpha value is -2.24. The van der Waals surface area contributed by atoms with Crippen LogP contribution < -0.4 is 16.6 Å². The Kier molecular flexibility index (Phi) is 2.63. The largest absolute Gasteiger partial charge is 0.384 e. The van der Waals surface area contributed by atoms with Gasteiger partial charge >= 0.3 is 0 Å². The summed E-state index contributed by atoms with van der Waals surface area (Å²) >= 11 is 0. The maximum Gasteiger partial charge on any atom is 0.271 e. The molecule has 0 saturated heterocycles. The fourth-order valence-electron chi connectivity index (χ4n) is 1.48. The van der Waals surface area contributed by atoms with Crippen LogP contribution in [0, 0.1) is 0 Å². The highest BCUT2D eigenvalue weighted by Gasteiger charge is 2.01. The molecule has 2 rings (SSSR count). The normalized spacial score (nSPS) is 10.5. The van der Waals surface area contributed by atoms with Gasteiger partial charge in [0.25, 0.3) is 5.56 Å². The lowest BCUT2D eigenvalue weighted by Gasteiger charge is -2.04. The summed E-state index contributed by atoms with van der Waals surface area (Å²) in [4.78, 5) is 21.8. The Balaban J connectivity index is 2.14. The molecule has 6 nitrogen and oxygen atoms in total. The van der Waals surface area contributed by atoms with Gasteiger partial charge in [0.15, 0.2) is 0 Å². The molecule has 1 heterocycles. The second-order valence-electron chi connectivity index (χ2n) is 3.48. The minimum Gasteiger partial charge on any atom is -0.384 e. The van der Waals surface area contributed by atoms with Crippen LogP contribution in [0.1, 0.15) is 6.42 Å². The third-order valence-corrected chi connectivity index (χ3v) is 2.28. The van der Waals surface area contributed by atoms with Crippen LogP contribution in [0.3, 0.4) is 0 Å². The minimum atomic E-state index is -0.344. The standard InChI is InChI=1S/C10H12N4O2/c11-9(15)3-4-12-6-1-2-7-8(5-6)13-14-10(7)16/h1-2,5,12H,3-4H2,(H2,11,15)(H2,13,14,16). The molecule has 1 aromatic carbocycles. The lowest BCUT2D eigenvalue weighted by Crippen LogP contribution is -2.15. The molecule has 0 fully saturated rings. The van der Waals surface area contributed by atoms with Crippen molar-refractivity contribution in [2.45, 2.75) is 6.42 Å². The molecule has 0 spiro atoms. The van der Waals surface area contributed by atoms with Crippen molar-refractivity contribution in [2.75, 3.05) is 11.9 Å². The first-order chi connectivity index (χ1) is 7.66. The van der Waals surface area contributed by atoms with Crippen LogP contribution in [0.5, 0.6) is 0 Å². The van der Waals surface area contributed by atoms with Crippen LogP contribution in [0.4, 0.5) is 5.69 Å². The predicted molar refractivity (Wildman–Crippen MR) is 61.2 cm³/mol. The number of hydrogen-bond donors (Lipinski definition) is 4. The molecule has 16 heavy (non-hydrogen) atoms. The number of carbonyl (C=O) groups excluding carboxylic acids is 1. The second-order valence-corrected chi connectivity index (χ2v) is 3.48. The molecule has 6 heteroatoms. The number of nitrogens with two attached hydrogens (primary N) is 1. The Labute approximate surface area is 90.8 Å². The first-order valence-electron chi connectivity index (χ1n) is 4.89. The maximum absolute atomic E-state index is 11.2. The predicted octanol–water partition coefficient (Wildman–Crippen LogP) is 0.143. The molecule has 5 N–H and O–H groups in total. The number of fused-ring (bicyclic) bond motifs is 1. The van der Waals surface area contributed by atoms with E-state index in [1.54, 1.807) is 18.2 Å². The summed E-state index contributed by atoms with van der Waals surface area (Å²) < 4.78 is 0. The van der Waals surface area contributed by atoms with Crippen LogP contribution in [0.2, 0.25) is 0 Å². The van der Waals surface area contributed by atoms with E-state index in [0.717, 1.165) is 11.2 Å². The van der Waals surface area contributed by atoms with Crippen molar-refractivity contribution in [1.29, 1.82) is 0 Å². The molecule has 84 valence electrons. The Morgan fingerprint density at radius 1 is 1.38 bits per heavy atom. The van der Waals surface area contributed by atoms with Crippen LogP contribution in [0.25, 0.3) is 10.9 Å². The molecule has 0 aliphatic rings. The van der Waals surface area contributed by atoms with E-state index in [4.69, 9.17) is 5.73 Å². The summed E-state index contributed by atoms with van der Waals surface area (Å²) in [7, 11) is 0. The number of H-pyrrole nitrogens is 2. The third-order valence-electron chi connectivity index (χ3n) is 2.28. The molecule has 0 atom stereocenters. The van der Waals surface area contributed by atoms with E-state index in [2.05, 4.69) is 15.5 Å². The van der Waals surface area contributed by atoms with Gasteiger partial charge in [-0.3, -0.25) is 19.8 Å². The third kappa shape index (κ3) is 2.05. The number of benzene rings is 1. The number of rotatable bonds is 4. The van der Waals surface area contributed by atoms with Crippen LogP contribution >= 0.6 is 0 Å². The minimum absolute atomic E-state index is 0.140. The fraction of sp³-hybridized carbons (Fsp3) is 0.200.